The highest BCUT2D eigenvalue weighted by Gasteiger charge is 2.45. The molecule has 2 saturated carbocycles. The van der Waals surface area contributed by atoms with Crippen LogP contribution < -0.4 is 15.0 Å². The zero-order valence-electron chi connectivity index (χ0n) is 34.7. The Balaban J connectivity index is 1.58. The number of pyridine rings is 1. The highest BCUT2D eigenvalue weighted by molar-refractivity contribution is 6.74. The van der Waals surface area contributed by atoms with Crippen molar-refractivity contribution in [3.63, 3.8) is 0 Å². The Morgan fingerprint density at radius 1 is 0.981 bits per heavy atom. The quantitative estimate of drug-likeness (QED) is 0.226. The van der Waals surface area contributed by atoms with Crippen molar-refractivity contribution >= 4 is 32.0 Å². The summed E-state index contributed by atoms with van der Waals surface area (Å²) in [5.74, 6) is 1.24. The van der Waals surface area contributed by atoms with Gasteiger partial charge in [0.05, 0.1) is 23.0 Å². The van der Waals surface area contributed by atoms with Gasteiger partial charge in [0.2, 0.25) is 5.88 Å². The molecular formula is C40H67N5O6Si. The van der Waals surface area contributed by atoms with Gasteiger partial charge in [0.15, 0.2) is 8.32 Å². The van der Waals surface area contributed by atoms with E-state index in [1.54, 1.807) is 23.2 Å². The van der Waals surface area contributed by atoms with Crippen LogP contribution in [0.1, 0.15) is 147 Å². The molecule has 1 unspecified atom stereocenters. The molecule has 2 aliphatic rings. The van der Waals surface area contributed by atoms with Gasteiger partial charge in [-0.3, -0.25) is 0 Å². The van der Waals surface area contributed by atoms with Crippen molar-refractivity contribution < 1.29 is 28.2 Å². The number of nitrogens with zero attached hydrogens (tertiary/aromatic N) is 4. The smallest absolute Gasteiger partial charge is 0.420 e. The summed E-state index contributed by atoms with van der Waals surface area (Å²) in [6.07, 6.45) is 6.92. The van der Waals surface area contributed by atoms with E-state index in [2.05, 4.69) is 64.9 Å². The van der Waals surface area contributed by atoms with Crippen LogP contribution in [0.5, 0.6) is 5.88 Å². The number of carbonyl (C=O) groups is 2. The van der Waals surface area contributed by atoms with E-state index in [-0.39, 0.29) is 34.8 Å². The Kier molecular flexibility index (Phi) is 12.0. The Labute approximate surface area is 314 Å². The number of alkyl carbamates (subject to hydrolysis) is 1. The topological polar surface area (TPSA) is 117 Å². The van der Waals surface area contributed by atoms with Gasteiger partial charge in [0.1, 0.15) is 17.0 Å². The minimum Gasteiger partial charge on any atom is -0.475 e. The van der Waals surface area contributed by atoms with Gasteiger partial charge in [-0.15, -0.1) is 0 Å². The SMILES string of the molecule is CC(CCC1(NC(=O)OC(C)(C)C)CC1)Oc1cc(N(C(=O)OC(C)(C)C)c2cc([C@H]3CC[C@@H](O[Si](C)(C)C(C)(C)C)C3)nn2C(C)(C)C)ccn1. The van der Waals surface area contributed by atoms with Crippen LogP contribution >= 0.6 is 0 Å². The molecule has 0 bridgehead atoms. The molecular weight excluding hydrogens is 675 g/mol. The lowest BCUT2D eigenvalue weighted by Crippen LogP contribution is -2.43. The van der Waals surface area contributed by atoms with Crippen molar-refractivity contribution in [1.29, 1.82) is 0 Å². The van der Waals surface area contributed by atoms with Gasteiger partial charge in [-0.05, 0) is 138 Å². The maximum atomic E-state index is 14.1. The normalized spacial score (nSPS) is 19.9. The highest BCUT2D eigenvalue weighted by atomic mass is 28.4. The third-order valence-electron chi connectivity index (χ3n) is 10.2. The lowest BCUT2D eigenvalue weighted by atomic mass is 10.0. The molecule has 292 valence electrons. The maximum Gasteiger partial charge on any atom is 0.420 e. The number of rotatable bonds is 11. The van der Waals surface area contributed by atoms with Gasteiger partial charge < -0.3 is 24.0 Å². The third kappa shape index (κ3) is 11.2. The first-order chi connectivity index (χ1) is 23.7. The first kappa shape index (κ1) is 41.6. The fourth-order valence-electron chi connectivity index (χ4n) is 6.25. The van der Waals surface area contributed by atoms with E-state index in [1.807, 2.05) is 59.2 Å². The van der Waals surface area contributed by atoms with Crippen LogP contribution in [0.2, 0.25) is 18.1 Å². The molecule has 2 aliphatic carbocycles. The second-order valence-corrected chi connectivity index (χ2v) is 24.3. The molecule has 2 aromatic heterocycles. The van der Waals surface area contributed by atoms with Crippen LogP contribution in [-0.4, -0.2) is 64.2 Å². The van der Waals surface area contributed by atoms with E-state index in [0.717, 1.165) is 44.2 Å². The van der Waals surface area contributed by atoms with Crippen LogP contribution in [0.15, 0.2) is 24.4 Å². The van der Waals surface area contributed by atoms with Crippen molar-refractivity contribution in [2.75, 3.05) is 4.90 Å². The van der Waals surface area contributed by atoms with E-state index in [0.29, 0.717) is 23.8 Å². The van der Waals surface area contributed by atoms with Crippen LogP contribution in [0.3, 0.4) is 0 Å². The molecule has 0 spiro atoms. The molecule has 0 aliphatic heterocycles. The molecule has 52 heavy (non-hydrogen) atoms. The minimum atomic E-state index is -1.91. The number of amides is 2. The number of aromatic nitrogens is 3. The van der Waals surface area contributed by atoms with Crippen molar-refractivity contribution in [2.45, 2.75) is 193 Å². The van der Waals surface area contributed by atoms with E-state index in [4.69, 9.17) is 23.7 Å². The fraction of sp³-hybridized carbons (Fsp3) is 0.750. The number of nitrogens with one attached hydrogen (secondary N) is 1. The van der Waals surface area contributed by atoms with Crippen molar-refractivity contribution in [1.82, 2.24) is 20.1 Å². The second kappa shape index (κ2) is 15.0. The van der Waals surface area contributed by atoms with E-state index >= 15 is 0 Å². The van der Waals surface area contributed by atoms with Gasteiger partial charge in [-0.2, -0.15) is 5.10 Å². The summed E-state index contributed by atoms with van der Waals surface area (Å²) in [5.41, 5.74) is -0.450. The molecule has 0 radical (unpaired) electrons. The lowest BCUT2D eigenvalue weighted by Gasteiger charge is -2.38. The molecule has 2 amide bonds. The van der Waals surface area contributed by atoms with Gasteiger partial charge in [-0.25, -0.2) is 24.2 Å². The monoisotopic (exact) mass is 741 g/mol. The highest BCUT2D eigenvalue weighted by Crippen LogP contribution is 2.44. The van der Waals surface area contributed by atoms with E-state index < -0.39 is 31.2 Å². The number of hydrogen-bond donors (Lipinski definition) is 1. The van der Waals surface area contributed by atoms with Gasteiger partial charge in [-0.1, -0.05) is 20.8 Å². The maximum absolute atomic E-state index is 14.1. The standard InChI is InChI=1S/C40H67N5O6Si/c1-27(18-20-40(21-22-40)42-34(46)49-37(5,6)7)48-32-25-29(19-23-41-32)44(35(47)50-38(8,9)10)33-26-31(43-45(33)36(2,3)4)28-16-17-30(24-28)51-52(14,15)39(11,12)13/h19,23,25-28,30H,16-18,20-22,24H2,1-15H3,(H,42,46)/t27?,28-,30+/m0/s1. The summed E-state index contributed by atoms with van der Waals surface area (Å²) in [4.78, 5) is 32.7. The Morgan fingerprint density at radius 2 is 1.62 bits per heavy atom. The van der Waals surface area contributed by atoms with Crippen LogP contribution in [0.25, 0.3) is 0 Å². The summed E-state index contributed by atoms with van der Waals surface area (Å²) in [5, 5.41) is 8.38. The molecule has 0 saturated heterocycles. The summed E-state index contributed by atoms with van der Waals surface area (Å²) in [7, 11) is -1.91. The zero-order valence-corrected chi connectivity index (χ0v) is 35.7. The van der Waals surface area contributed by atoms with Crippen LogP contribution in [-0.2, 0) is 19.4 Å². The molecule has 2 heterocycles. The molecule has 2 aromatic rings. The fourth-order valence-corrected chi connectivity index (χ4v) is 7.65. The number of ether oxygens (including phenoxy) is 3. The number of anilines is 2. The Morgan fingerprint density at radius 3 is 2.17 bits per heavy atom. The van der Waals surface area contributed by atoms with E-state index in [9.17, 15) is 9.59 Å². The van der Waals surface area contributed by atoms with Gasteiger partial charge >= 0.3 is 12.2 Å². The number of carbonyl (C=O) groups excluding carboxylic acids is 2. The first-order valence-corrected chi connectivity index (χ1v) is 22.0. The largest absolute Gasteiger partial charge is 0.475 e. The Hall–Kier alpha value is -3.12. The van der Waals surface area contributed by atoms with Crippen molar-refractivity contribution in [2.24, 2.45) is 0 Å². The average molecular weight is 742 g/mol. The first-order valence-electron chi connectivity index (χ1n) is 19.1. The Bertz CT molecular complexity index is 1560. The summed E-state index contributed by atoms with van der Waals surface area (Å²) < 4.78 is 26.6. The van der Waals surface area contributed by atoms with Crippen LogP contribution in [0, 0.1) is 0 Å². The van der Waals surface area contributed by atoms with Gasteiger partial charge in [0, 0.05) is 35.9 Å². The van der Waals surface area contributed by atoms with E-state index in [1.165, 1.54) is 0 Å². The second-order valence-electron chi connectivity index (χ2n) is 19.6. The zero-order chi connectivity index (χ0) is 39.1. The molecule has 12 heteroatoms. The molecule has 2 fully saturated rings. The summed E-state index contributed by atoms with van der Waals surface area (Å²) >= 11 is 0. The van der Waals surface area contributed by atoms with Crippen molar-refractivity contribution in [3.05, 3.63) is 30.1 Å². The molecule has 0 aromatic carbocycles. The van der Waals surface area contributed by atoms with Crippen molar-refractivity contribution in [3.8, 4) is 5.88 Å². The summed E-state index contributed by atoms with van der Waals surface area (Å²) in [6.45, 7) is 30.9. The molecule has 1 N–H and O–H groups in total. The third-order valence-corrected chi connectivity index (χ3v) is 14.7. The summed E-state index contributed by atoms with van der Waals surface area (Å²) in [6, 6.07) is 5.62. The molecule has 4 rings (SSSR count). The average Bonchev–Trinajstić information content (AvgIpc) is 3.32. The number of hydrogen-bond acceptors (Lipinski definition) is 8. The predicted octanol–water partition coefficient (Wildman–Crippen LogP) is 10.4. The van der Waals surface area contributed by atoms with Gasteiger partial charge in [0.25, 0.3) is 0 Å². The van der Waals surface area contributed by atoms with Crippen LogP contribution in [0.4, 0.5) is 21.1 Å². The predicted molar refractivity (Wildman–Crippen MR) is 209 cm³/mol. The molecule has 11 nitrogen and oxygen atoms in total. The molecule has 3 atom stereocenters. The minimum absolute atomic E-state index is 0.142. The lowest BCUT2D eigenvalue weighted by molar-refractivity contribution is 0.0486.